The molecular weight excluding hydrogens is 278 g/mol. The molecule has 0 N–H and O–H groups in total. The number of benzene rings is 1. The van der Waals surface area contributed by atoms with E-state index >= 15 is 0 Å². The van der Waals surface area contributed by atoms with Gasteiger partial charge in [0.05, 0.1) is 0 Å². The lowest BCUT2D eigenvalue weighted by Gasteiger charge is -2.42. The van der Waals surface area contributed by atoms with E-state index in [2.05, 4.69) is 80.3 Å². The van der Waals surface area contributed by atoms with Gasteiger partial charge in [-0.3, -0.25) is 0 Å². The second kappa shape index (κ2) is 7.05. The minimum Gasteiger partial charge on any atom is -0.303 e. The molecule has 1 aromatic rings. The molecular formula is C22H31N. The smallest absolute Gasteiger partial charge is 0.00314 e. The Morgan fingerprint density at radius 2 is 1.96 bits per heavy atom. The zero-order valence-electron chi connectivity index (χ0n) is 14.9. The fourth-order valence-corrected chi connectivity index (χ4v) is 4.58. The van der Waals surface area contributed by atoms with Gasteiger partial charge < -0.3 is 4.90 Å². The number of likely N-dealkylation sites (tertiary alicyclic amines) is 1. The van der Waals surface area contributed by atoms with Gasteiger partial charge in [-0.1, -0.05) is 75.4 Å². The van der Waals surface area contributed by atoms with Gasteiger partial charge in [0.1, 0.15) is 0 Å². The van der Waals surface area contributed by atoms with E-state index in [-0.39, 0.29) is 5.41 Å². The second-order valence-electron chi connectivity index (χ2n) is 7.94. The van der Waals surface area contributed by atoms with Crippen molar-refractivity contribution in [3.8, 4) is 0 Å². The first-order chi connectivity index (χ1) is 11.1. The van der Waals surface area contributed by atoms with Gasteiger partial charge in [-0.25, -0.2) is 0 Å². The molecule has 0 amide bonds. The van der Waals surface area contributed by atoms with Crippen LogP contribution in [0.4, 0.5) is 0 Å². The third kappa shape index (κ3) is 3.45. The molecule has 0 aromatic heterocycles. The largest absolute Gasteiger partial charge is 0.303 e. The summed E-state index contributed by atoms with van der Waals surface area (Å²) >= 11 is 0. The van der Waals surface area contributed by atoms with Crippen molar-refractivity contribution in [1.29, 1.82) is 0 Å². The Labute approximate surface area is 142 Å². The highest BCUT2D eigenvalue weighted by molar-refractivity contribution is 5.31. The van der Waals surface area contributed by atoms with Crippen molar-refractivity contribution in [2.75, 3.05) is 19.6 Å². The lowest BCUT2D eigenvalue weighted by atomic mass is 9.62. The van der Waals surface area contributed by atoms with Crippen molar-refractivity contribution in [2.24, 2.45) is 17.8 Å². The summed E-state index contributed by atoms with van der Waals surface area (Å²) in [5.74, 6) is 2.11. The summed E-state index contributed by atoms with van der Waals surface area (Å²) in [4.78, 5) is 2.68. The molecule has 1 nitrogen and oxygen atoms in total. The molecule has 0 saturated carbocycles. The first kappa shape index (κ1) is 16.5. The monoisotopic (exact) mass is 309 g/mol. The molecule has 0 spiro atoms. The second-order valence-corrected chi connectivity index (χ2v) is 7.94. The molecule has 1 fully saturated rings. The van der Waals surface area contributed by atoms with Gasteiger partial charge in [0, 0.05) is 18.5 Å². The zero-order valence-corrected chi connectivity index (χ0v) is 14.9. The molecule has 1 aromatic carbocycles. The van der Waals surface area contributed by atoms with Gasteiger partial charge in [-0.2, -0.15) is 0 Å². The summed E-state index contributed by atoms with van der Waals surface area (Å²) < 4.78 is 0. The lowest BCUT2D eigenvalue weighted by molar-refractivity contribution is 0.206. The van der Waals surface area contributed by atoms with Crippen LogP contribution in [-0.2, 0) is 5.41 Å². The first-order valence-corrected chi connectivity index (χ1v) is 9.22. The Kier molecular flexibility index (Phi) is 5.06. The number of hydrogen-bond donors (Lipinski definition) is 0. The molecule has 0 bridgehead atoms. The van der Waals surface area contributed by atoms with Gasteiger partial charge in [-0.05, 0) is 42.7 Å². The molecule has 1 aliphatic heterocycles. The summed E-state index contributed by atoms with van der Waals surface area (Å²) in [6.45, 7) is 10.9. The van der Waals surface area contributed by atoms with Crippen molar-refractivity contribution in [1.82, 2.24) is 4.90 Å². The third-order valence-electron chi connectivity index (χ3n) is 5.89. The molecule has 2 aliphatic rings. The van der Waals surface area contributed by atoms with Crippen LogP contribution >= 0.6 is 0 Å². The highest BCUT2D eigenvalue weighted by Gasteiger charge is 2.44. The standard InChI is InChI=1S/C22H31N/c1-18(2)16-23-15-14-21(17-23)22(3,19-10-6-4-7-11-19)20-12-8-5-9-13-20/h4-12,18,20-21H,13-17H2,1-3H3. The Balaban J connectivity index is 1.87. The number of nitrogens with zero attached hydrogens (tertiary/aromatic N) is 1. The summed E-state index contributed by atoms with van der Waals surface area (Å²) in [5, 5.41) is 0. The molecule has 3 unspecified atom stereocenters. The maximum atomic E-state index is 2.68. The summed E-state index contributed by atoms with van der Waals surface area (Å²) in [6, 6.07) is 11.2. The number of allylic oxidation sites excluding steroid dienone is 4. The average Bonchev–Trinajstić information content (AvgIpc) is 3.04. The topological polar surface area (TPSA) is 3.24 Å². The van der Waals surface area contributed by atoms with Gasteiger partial charge in [0.25, 0.3) is 0 Å². The minimum atomic E-state index is 0.230. The first-order valence-electron chi connectivity index (χ1n) is 9.22. The fourth-order valence-electron chi connectivity index (χ4n) is 4.58. The van der Waals surface area contributed by atoms with E-state index in [0.717, 1.165) is 11.8 Å². The van der Waals surface area contributed by atoms with Gasteiger partial charge in [0.2, 0.25) is 0 Å². The predicted molar refractivity (Wildman–Crippen MR) is 99.6 cm³/mol. The van der Waals surface area contributed by atoms with Crippen molar-refractivity contribution >= 4 is 0 Å². The van der Waals surface area contributed by atoms with Crippen LogP contribution in [-0.4, -0.2) is 24.5 Å². The van der Waals surface area contributed by atoms with Crippen molar-refractivity contribution in [3.05, 3.63) is 60.2 Å². The quantitative estimate of drug-likeness (QED) is 0.735. The molecule has 0 radical (unpaired) electrons. The van der Waals surface area contributed by atoms with Crippen molar-refractivity contribution < 1.29 is 0 Å². The normalized spacial score (nSPS) is 27.5. The summed E-state index contributed by atoms with van der Waals surface area (Å²) in [5.41, 5.74) is 1.75. The van der Waals surface area contributed by atoms with Crippen LogP contribution in [0, 0.1) is 17.8 Å². The fraction of sp³-hybridized carbons (Fsp3) is 0.545. The Hall–Kier alpha value is -1.34. The van der Waals surface area contributed by atoms with Crippen LogP contribution in [0.3, 0.4) is 0 Å². The highest BCUT2D eigenvalue weighted by atomic mass is 15.1. The van der Waals surface area contributed by atoms with Crippen LogP contribution in [0.1, 0.15) is 39.2 Å². The Morgan fingerprint density at radius 1 is 1.17 bits per heavy atom. The van der Waals surface area contributed by atoms with E-state index in [9.17, 15) is 0 Å². The van der Waals surface area contributed by atoms with Crippen LogP contribution < -0.4 is 0 Å². The molecule has 3 atom stereocenters. The van der Waals surface area contributed by atoms with Crippen molar-refractivity contribution in [3.63, 3.8) is 0 Å². The van der Waals surface area contributed by atoms with E-state index in [1.807, 2.05) is 0 Å². The Bertz CT molecular complexity index is 557. The zero-order chi connectivity index (χ0) is 16.3. The molecule has 1 heteroatoms. The Morgan fingerprint density at radius 3 is 2.61 bits per heavy atom. The third-order valence-corrected chi connectivity index (χ3v) is 5.89. The average molecular weight is 309 g/mol. The van der Waals surface area contributed by atoms with Gasteiger partial charge in [0.15, 0.2) is 0 Å². The minimum absolute atomic E-state index is 0.230. The van der Waals surface area contributed by atoms with Gasteiger partial charge in [-0.15, -0.1) is 0 Å². The predicted octanol–water partition coefficient (Wildman–Crippen LogP) is 5.05. The van der Waals surface area contributed by atoms with Crippen LogP contribution in [0.25, 0.3) is 0 Å². The maximum absolute atomic E-state index is 2.68. The van der Waals surface area contributed by atoms with Crippen molar-refractivity contribution in [2.45, 2.75) is 39.0 Å². The molecule has 1 aliphatic carbocycles. The molecule has 23 heavy (non-hydrogen) atoms. The van der Waals surface area contributed by atoms with Gasteiger partial charge >= 0.3 is 0 Å². The van der Waals surface area contributed by atoms with Crippen LogP contribution in [0.5, 0.6) is 0 Å². The molecule has 124 valence electrons. The summed E-state index contributed by atoms with van der Waals surface area (Å²) in [6.07, 6.45) is 11.7. The van der Waals surface area contributed by atoms with Crippen LogP contribution in [0.15, 0.2) is 54.6 Å². The maximum Gasteiger partial charge on any atom is 0.00314 e. The van der Waals surface area contributed by atoms with E-state index in [1.165, 1.54) is 38.0 Å². The molecule has 1 saturated heterocycles. The number of hydrogen-bond acceptors (Lipinski definition) is 1. The van der Waals surface area contributed by atoms with E-state index in [1.54, 1.807) is 0 Å². The highest BCUT2D eigenvalue weighted by Crippen LogP contribution is 2.46. The summed E-state index contributed by atoms with van der Waals surface area (Å²) in [7, 11) is 0. The van der Waals surface area contributed by atoms with E-state index in [0.29, 0.717) is 5.92 Å². The van der Waals surface area contributed by atoms with Crippen LogP contribution in [0.2, 0.25) is 0 Å². The SMILES string of the molecule is CC(C)CN1CCC(C(C)(c2ccccc2)C2C=CC=CC2)C1. The molecule has 3 rings (SSSR count). The van der Waals surface area contributed by atoms with E-state index in [4.69, 9.17) is 0 Å². The lowest BCUT2D eigenvalue weighted by Crippen LogP contribution is -2.41. The van der Waals surface area contributed by atoms with E-state index < -0.39 is 0 Å². The number of rotatable bonds is 5. The molecule has 1 heterocycles.